The van der Waals surface area contributed by atoms with Gasteiger partial charge in [0.25, 0.3) is 0 Å². The van der Waals surface area contributed by atoms with E-state index in [1.54, 1.807) is 11.0 Å². The Bertz CT molecular complexity index is 637. The van der Waals surface area contributed by atoms with Gasteiger partial charge in [0.1, 0.15) is 0 Å². The van der Waals surface area contributed by atoms with Gasteiger partial charge in [-0.15, -0.1) is 0 Å². The topological polar surface area (TPSA) is 77.9 Å². The zero-order valence-electron chi connectivity index (χ0n) is 13.8. The number of carboxylic acids is 1. The van der Waals surface area contributed by atoms with Crippen molar-refractivity contribution in [2.75, 3.05) is 24.5 Å². The third kappa shape index (κ3) is 4.68. The molecule has 1 fully saturated rings. The molecule has 2 amide bonds. The van der Waals surface area contributed by atoms with Crippen LogP contribution >= 0.6 is 0 Å². The summed E-state index contributed by atoms with van der Waals surface area (Å²) in [6.07, 6.45) is 4.56. The predicted octanol–water partition coefficient (Wildman–Crippen LogP) is 2.15. The maximum Gasteiger partial charge on any atom is 0.305 e. The van der Waals surface area contributed by atoms with E-state index in [2.05, 4.69) is 0 Å². The van der Waals surface area contributed by atoms with Crippen molar-refractivity contribution in [1.29, 1.82) is 0 Å². The highest BCUT2D eigenvalue weighted by molar-refractivity contribution is 5.95. The van der Waals surface area contributed by atoms with E-state index < -0.39 is 5.97 Å². The highest BCUT2D eigenvalue weighted by Crippen LogP contribution is 2.21. The fourth-order valence-electron chi connectivity index (χ4n) is 2.61. The smallest absolute Gasteiger partial charge is 0.305 e. The van der Waals surface area contributed by atoms with Gasteiger partial charge >= 0.3 is 5.97 Å². The van der Waals surface area contributed by atoms with E-state index in [9.17, 15) is 14.4 Å². The lowest BCUT2D eigenvalue weighted by atomic mass is 10.2. The van der Waals surface area contributed by atoms with Crippen LogP contribution in [0.3, 0.4) is 0 Å². The van der Waals surface area contributed by atoms with Gasteiger partial charge in [0.05, 0.1) is 6.42 Å². The van der Waals surface area contributed by atoms with Gasteiger partial charge < -0.3 is 14.9 Å². The minimum Gasteiger partial charge on any atom is -0.481 e. The highest BCUT2D eigenvalue weighted by atomic mass is 16.4. The Morgan fingerprint density at radius 1 is 1.29 bits per heavy atom. The molecule has 1 aromatic rings. The average molecular weight is 330 g/mol. The molecule has 24 heavy (non-hydrogen) atoms. The molecule has 0 unspecified atom stereocenters. The maximum absolute atomic E-state index is 12.1. The van der Waals surface area contributed by atoms with E-state index >= 15 is 0 Å². The molecule has 2 rings (SSSR count). The quantitative estimate of drug-likeness (QED) is 0.777. The molecular weight excluding hydrogens is 308 g/mol. The lowest BCUT2D eigenvalue weighted by Crippen LogP contribution is -2.31. The monoisotopic (exact) mass is 330 g/mol. The normalized spacial score (nSPS) is 14.4. The lowest BCUT2D eigenvalue weighted by molar-refractivity contribution is -0.138. The zero-order chi connectivity index (χ0) is 17.5. The third-order valence-corrected chi connectivity index (χ3v) is 3.99. The zero-order valence-corrected chi connectivity index (χ0v) is 13.8. The molecular formula is C18H22N2O4. The highest BCUT2D eigenvalue weighted by Gasteiger charge is 2.21. The summed E-state index contributed by atoms with van der Waals surface area (Å²) in [4.78, 5) is 37.6. The van der Waals surface area contributed by atoms with Crippen LogP contribution in [-0.4, -0.2) is 47.4 Å². The van der Waals surface area contributed by atoms with Crippen LogP contribution < -0.4 is 4.90 Å². The van der Waals surface area contributed by atoms with Crippen LogP contribution in [0.15, 0.2) is 30.3 Å². The number of nitrogens with zero attached hydrogens (tertiary/aromatic N) is 2. The van der Waals surface area contributed by atoms with Crippen LogP contribution in [0.4, 0.5) is 5.69 Å². The number of hydrogen-bond donors (Lipinski definition) is 1. The first-order valence-corrected chi connectivity index (χ1v) is 8.10. The van der Waals surface area contributed by atoms with Gasteiger partial charge in [-0.25, -0.2) is 0 Å². The number of likely N-dealkylation sites (N-methyl/N-ethyl adjacent to an activating group) is 1. The Labute approximate surface area is 141 Å². The van der Waals surface area contributed by atoms with Gasteiger partial charge in [0.2, 0.25) is 11.8 Å². The largest absolute Gasteiger partial charge is 0.481 e. The summed E-state index contributed by atoms with van der Waals surface area (Å²) >= 11 is 0. The predicted molar refractivity (Wildman–Crippen MR) is 91.6 cm³/mol. The van der Waals surface area contributed by atoms with E-state index in [4.69, 9.17) is 5.11 Å². The lowest BCUT2D eigenvalue weighted by Gasteiger charge is -2.17. The summed E-state index contributed by atoms with van der Waals surface area (Å²) in [6.45, 7) is 3.23. The Kier molecular flexibility index (Phi) is 6.12. The minimum absolute atomic E-state index is 0.0635. The summed E-state index contributed by atoms with van der Waals surface area (Å²) in [5.41, 5.74) is 1.73. The number of carboxylic acid groups (broad SMARTS) is 1. The van der Waals surface area contributed by atoms with Crippen molar-refractivity contribution >= 4 is 29.5 Å². The Morgan fingerprint density at radius 2 is 2.00 bits per heavy atom. The first kappa shape index (κ1) is 17.7. The van der Waals surface area contributed by atoms with Crippen molar-refractivity contribution in [3.8, 4) is 0 Å². The molecule has 0 aromatic heterocycles. The van der Waals surface area contributed by atoms with Crippen LogP contribution in [-0.2, 0) is 14.4 Å². The number of amides is 2. The second kappa shape index (κ2) is 8.29. The number of carbonyl (C=O) groups is 3. The molecule has 0 radical (unpaired) electrons. The molecule has 6 nitrogen and oxygen atoms in total. The molecule has 0 aliphatic carbocycles. The average Bonchev–Trinajstić information content (AvgIpc) is 2.99. The molecule has 1 aromatic carbocycles. The second-order valence-corrected chi connectivity index (χ2v) is 5.64. The van der Waals surface area contributed by atoms with E-state index in [-0.39, 0.29) is 24.8 Å². The fourth-order valence-corrected chi connectivity index (χ4v) is 2.61. The molecule has 0 saturated carbocycles. The number of anilines is 1. The van der Waals surface area contributed by atoms with Crippen molar-refractivity contribution in [2.45, 2.75) is 26.2 Å². The molecule has 1 saturated heterocycles. The maximum atomic E-state index is 12.1. The molecule has 1 aliphatic heterocycles. The van der Waals surface area contributed by atoms with Crippen molar-refractivity contribution < 1.29 is 19.5 Å². The van der Waals surface area contributed by atoms with Gasteiger partial charge in [0, 0.05) is 37.8 Å². The molecule has 1 aliphatic rings. The Hall–Kier alpha value is -2.63. The van der Waals surface area contributed by atoms with E-state index in [1.165, 1.54) is 11.0 Å². The van der Waals surface area contributed by atoms with Gasteiger partial charge in [-0.3, -0.25) is 14.4 Å². The minimum atomic E-state index is -0.919. The standard InChI is InChI=1S/C18H22N2O4/c1-2-19(13-11-18(23)24)16(21)10-7-14-5-8-15(9-6-14)20-12-3-4-17(20)22/h5-10H,2-4,11-13H2,1H3,(H,23,24). The summed E-state index contributed by atoms with van der Waals surface area (Å²) < 4.78 is 0. The summed E-state index contributed by atoms with van der Waals surface area (Å²) in [5, 5.41) is 8.70. The van der Waals surface area contributed by atoms with Gasteiger partial charge in [-0.05, 0) is 37.1 Å². The molecule has 0 atom stereocenters. The van der Waals surface area contributed by atoms with Crippen molar-refractivity contribution in [2.24, 2.45) is 0 Å². The Balaban J connectivity index is 1.96. The molecule has 1 heterocycles. The molecule has 0 spiro atoms. The number of rotatable bonds is 7. The van der Waals surface area contributed by atoms with Crippen LogP contribution in [0, 0.1) is 0 Å². The molecule has 0 bridgehead atoms. The first-order valence-electron chi connectivity index (χ1n) is 8.10. The number of carbonyl (C=O) groups excluding carboxylic acids is 2. The molecule has 128 valence electrons. The van der Waals surface area contributed by atoms with E-state index in [0.29, 0.717) is 13.0 Å². The summed E-state index contributed by atoms with van der Waals surface area (Å²) in [6, 6.07) is 7.46. The van der Waals surface area contributed by atoms with Crippen molar-refractivity contribution in [3.05, 3.63) is 35.9 Å². The summed E-state index contributed by atoms with van der Waals surface area (Å²) in [7, 11) is 0. The number of benzene rings is 1. The fraction of sp³-hybridized carbons (Fsp3) is 0.389. The van der Waals surface area contributed by atoms with Crippen LogP contribution in [0.25, 0.3) is 6.08 Å². The first-order chi connectivity index (χ1) is 11.5. The van der Waals surface area contributed by atoms with Crippen molar-refractivity contribution in [1.82, 2.24) is 4.90 Å². The Morgan fingerprint density at radius 3 is 2.54 bits per heavy atom. The van der Waals surface area contributed by atoms with Gasteiger partial charge in [0.15, 0.2) is 0 Å². The van der Waals surface area contributed by atoms with Crippen LogP contribution in [0.1, 0.15) is 31.7 Å². The summed E-state index contributed by atoms with van der Waals surface area (Å²) in [5.74, 6) is -0.986. The molecule has 6 heteroatoms. The van der Waals surface area contributed by atoms with Crippen LogP contribution in [0.5, 0.6) is 0 Å². The van der Waals surface area contributed by atoms with E-state index in [1.807, 2.05) is 31.2 Å². The molecule has 1 N–H and O–H groups in total. The second-order valence-electron chi connectivity index (χ2n) is 5.64. The van der Waals surface area contributed by atoms with Gasteiger partial charge in [-0.2, -0.15) is 0 Å². The van der Waals surface area contributed by atoms with Crippen LogP contribution in [0.2, 0.25) is 0 Å². The van der Waals surface area contributed by atoms with E-state index in [0.717, 1.165) is 24.2 Å². The third-order valence-electron chi connectivity index (χ3n) is 3.99. The number of hydrogen-bond acceptors (Lipinski definition) is 3. The van der Waals surface area contributed by atoms with Gasteiger partial charge in [-0.1, -0.05) is 12.1 Å². The number of aliphatic carboxylic acids is 1. The van der Waals surface area contributed by atoms with Crippen molar-refractivity contribution in [3.63, 3.8) is 0 Å². The SMILES string of the molecule is CCN(CCC(=O)O)C(=O)C=Cc1ccc(N2CCCC2=O)cc1.